The van der Waals surface area contributed by atoms with E-state index in [1.54, 1.807) is 19.1 Å². The van der Waals surface area contributed by atoms with Gasteiger partial charge >= 0.3 is 5.97 Å². The number of halogens is 1. The molecule has 0 atom stereocenters. The molecule has 2 rings (SSSR count). The molecule has 116 valence electrons. The van der Waals surface area contributed by atoms with E-state index in [4.69, 9.17) is 15.2 Å². The Kier molecular flexibility index (Phi) is 5.04. The maximum absolute atomic E-state index is 12.4. The van der Waals surface area contributed by atoms with Crippen molar-refractivity contribution >= 4 is 11.7 Å². The summed E-state index contributed by atoms with van der Waals surface area (Å²) in [4.78, 5) is 12.4. The molecule has 0 aliphatic heterocycles. The van der Waals surface area contributed by atoms with E-state index < -0.39 is 12.1 Å². The predicted octanol–water partition coefficient (Wildman–Crippen LogP) is 2.99. The smallest absolute Gasteiger partial charge is 0.316 e. The van der Waals surface area contributed by atoms with Crippen LogP contribution in [0.4, 0.5) is 10.1 Å². The minimum Gasteiger partial charge on any atom is -0.489 e. The maximum atomic E-state index is 12.4. The number of hydrogen-bond acceptors (Lipinski definition) is 4. The Morgan fingerprint density at radius 3 is 2.71 bits per heavy atom. The first-order chi connectivity index (χ1) is 10.1. The second-order valence-corrected chi connectivity index (χ2v) is 5.30. The van der Waals surface area contributed by atoms with Crippen molar-refractivity contribution in [1.29, 1.82) is 0 Å². The van der Waals surface area contributed by atoms with E-state index in [0.29, 0.717) is 18.0 Å². The van der Waals surface area contributed by atoms with Gasteiger partial charge in [-0.2, -0.15) is 0 Å². The molecule has 1 aromatic rings. The lowest BCUT2D eigenvalue weighted by Gasteiger charge is -2.27. The Hall–Kier alpha value is -1.78. The molecule has 0 amide bonds. The zero-order valence-corrected chi connectivity index (χ0v) is 12.4. The van der Waals surface area contributed by atoms with Gasteiger partial charge < -0.3 is 15.2 Å². The number of carbonyl (C=O) groups excluding carboxylic acids is 1. The Labute approximate surface area is 124 Å². The van der Waals surface area contributed by atoms with Crippen LogP contribution in [-0.2, 0) is 14.9 Å². The van der Waals surface area contributed by atoms with Gasteiger partial charge in [-0.25, -0.2) is 4.39 Å². The molecule has 1 fully saturated rings. The van der Waals surface area contributed by atoms with E-state index in [-0.39, 0.29) is 12.6 Å². The number of benzene rings is 1. The maximum Gasteiger partial charge on any atom is 0.316 e. The summed E-state index contributed by atoms with van der Waals surface area (Å²) in [5.41, 5.74) is 6.53. The van der Waals surface area contributed by atoms with E-state index in [0.717, 1.165) is 31.2 Å². The molecule has 0 aromatic heterocycles. The van der Waals surface area contributed by atoms with Crippen LogP contribution in [0.5, 0.6) is 5.75 Å². The van der Waals surface area contributed by atoms with E-state index in [1.165, 1.54) is 0 Å². The monoisotopic (exact) mass is 295 g/mol. The van der Waals surface area contributed by atoms with Crippen molar-refractivity contribution < 1.29 is 18.7 Å². The van der Waals surface area contributed by atoms with Gasteiger partial charge in [0.25, 0.3) is 0 Å². The lowest BCUT2D eigenvalue weighted by Crippen LogP contribution is -2.34. The molecule has 1 saturated carbocycles. The quantitative estimate of drug-likeness (QED) is 0.647. The number of nitrogens with two attached hydrogens (primary N) is 1. The summed E-state index contributed by atoms with van der Waals surface area (Å²) in [6, 6.07) is 5.31. The average Bonchev–Trinajstić information content (AvgIpc) is 2.97. The number of alkyl halides is 1. The Balaban J connectivity index is 2.34. The number of carbonyl (C=O) groups is 1. The standard InChI is InChI=1S/C16H22FNO3/c1-2-20-15(19)16(7-3-4-8-16)12-5-6-13(18)14(11-12)21-10-9-17/h5-6,11H,2-4,7-10,18H2,1H3. The molecule has 0 radical (unpaired) electrons. The van der Waals surface area contributed by atoms with Crippen LogP contribution in [0, 0.1) is 0 Å². The summed E-state index contributed by atoms with van der Waals surface area (Å²) in [5, 5.41) is 0. The third-order valence-electron chi connectivity index (χ3n) is 4.02. The highest BCUT2D eigenvalue weighted by molar-refractivity contribution is 5.84. The van der Waals surface area contributed by atoms with Crippen LogP contribution in [0.15, 0.2) is 18.2 Å². The van der Waals surface area contributed by atoms with Crippen molar-refractivity contribution in [3.63, 3.8) is 0 Å². The van der Waals surface area contributed by atoms with Gasteiger partial charge in [0.15, 0.2) is 0 Å². The first kappa shape index (κ1) is 15.6. The number of hydrogen-bond donors (Lipinski definition) is 1. The fourth-order valence-electron chi connectivity index (χ4n) is 2.96. The third kappa shape index (κ3) is 3.12. The highest BCUT2D eigenvalue weighted by Gasteiger charge is 2.44. The van der Waals surface area contributed by atoms with E-state index in [1.807, 2.05) is 6.07 Å². The minimum atomic E-state index is -0.614. The molecule has 0 unspecified atom stereocenters. The fraction of sp³-hybridized carbons (Fsp3) is 0.562. The lowest BCUT2D eigenvalue weighted by atomic mass is 9.78. The Bertz CT molecular complexity index is 498. The van der Waals surface area contributed by atoms with Crippen LogP contribution in [0.25, 0.3) is 0 Å². The normalized spacial score (nSPS) is 16.7. The van der Waals surface area contributed by atoms with Gasteiger partial charge in [-0.05, 0) is 37.5 Å². The molecule has 21 heavy (non-hydrogen) atoms. The second kappa shape index (κ2) is 6.78. The van der Waals surface area contributed by atoms with Crippen molar-refractivity contribution in [2.75, 3.05) is 25.6 Å². The van der Waals surface area contributed by atoms with Crippen LogP contribution in [0.2, 0.25) is 0 Å². The van der Waals surface area contributed by atoms with Gasteiger partial charge in [-0.3, -0.25) is 4.79 Å². The summed E-state index contributed by atoms with van der Waals surface area (Å²) in [6.07, 6.45) is 3.50. The van der Waals surface area contributed by atoms with Crippen molar-refractivity contribution in [2.24, 2.45) is 0 Å². The fourth-order valence-corrected chi connectivity index (χ4v) is 2.96. The Morgan fingerprint density at radius 1 is 1.38 bits per heavy atom. The van der Waals surface area contributed by atoms with Gasteiger partial charge in [-0.15, -0.1) is 0 Å². The van der Waals surface area contributed by atoms with Crippen LogP contribution in [0.1, 0.15) is 38.2 Å². The molecule has 0 heterocycles. The molecule has 0 spiro atoms. The van der Waals surface area contributed by atoms with Crippen LogP contribution in [-0.4, -0.2) is 25.9 Å². The van der Waals surface area contributed by atoms with E-state index in [9.17, 15) is 9.18 Å². The number of rotatable bonds is 6. The molecular formula is C16H22FNO3. The van der Waals surface area contributed by atoms with Crippen molar-refractivity contribution in [1.82, 2.24) is 0 Å². The minimum absolute atomic E-state index is 0.0416. The summed E-state index contributed by atoms with van der Waals surface area (Å²) < 4.78 is 22.9. The molecule has 5 heteroatoms. The molecule has 0 bridgehead atoms. The lowest BCUT2D eigenvalue weighted by molar-refractivity contribution is -0.150. The van der Waals surface area contributed by atoms with Crippen molar-refractivity contribution in [2.45, 2.75) is 38.0 Å². The highest BCUT2D eigenvalue weighted by atomic mass is 19.1. The molecule has 1 aliphatic carbocycles. The van der Waals surface area contributed by atoms with Gasteiger partial charge in [0.2, 0.25) is 0 Å². The van der Waals surface area contributed by atoms with E-state index in [2.05, 4.69) is 0 Å². The summed E-state index contributed by atoms with van der Waals surface area (Å²) in [6.45, 7) is 1.55. The van der Waals surface area contributed by atoms with Crippen LogP contribution in [0.3, 0.4) is 0 Å². The largest absolute Gasteiger partial charge is 0.489 e. The molecular weight excluding hydrogens is 273 g/mol. The predicted molar refractivity (Wildman–Crippen MR) is 79.1 cm³/mol. The first-order valence-corrected chi connectivity index (χ1v) is 7.40. The van der Waals surface area contributed by atoms with Gasteiger partial charge in [-0.1, -0.05) is 18.9 Å². The summed E-state index contributed by atoms with van der Waals surface area (Å²) in [7, 11) is 0. The highest BCUT2D eigenvalue weighted by Crippen LogP contribution is 2.43. The zero-order valence-electron chi connectivity index (χ0n) is 12.4. The molecule has 1 aromatic carbocycles. The Morgan fingerprint density at radius 2 is 2.10 bits per heavy atom. The molecule has 1 aliphatic rings. The molecule has 2 N–H and O–H groups in total. The first-order valence-electron chi connectivity index (χ1n) is 7.40. The molecule has 4 nitrogen and oxygen atoms in total. The zero-order chi connectivity index (χ0) is 15.3. The second-order valence-electron chi connectivity index (χ2n) is 5.30. The van der Waals surface area contributed by atoms with E-state index >= 15 is 0 Å². The SMILES string of the molecule is CCOC(=O)C1(c2ccc(N)c(OCCF)c2)CCCC1. The van der Waals surface area contributed by atoms with Gasteiger partial charge in [0.1, 0.15) is 19.0 Å². The van der Waals surface area contributed by atoms with Crippen molar-refractivity contribution in [3.8, 4) is 5.75 Å². The third-order valence-corrected chi connectivity index (χ3v) is 4.02. The topological polar surface area (TPSA) is 61.5 Å². The summed E-state index contributed by atoms with van der Waals surface area (Å²) in [5.74, 6) is 0.240. The van der Waals surface area contributed by atoms with Crippen LogP contribution < -0.4 is 10.5 Å². The average molecular weight is 295 g/mol. The summed E-state index contributed by atoms with van der Waals surface area (Å²) >= 11 is 0. The number of anilines is 1. The number of nitrogen functional groups attached to an aromatic ring is 1. The van der Waals surface area contributed by atoms with Gasteiger partial charge in [0, 0.05) is 0 Å². The number of ether oxygens (including phenoxy) is 2. The molecule has 0 saturated heterocycles. The van der Waals surface area contributed by atoms with Crippen molar-refractivity contribution in [3.05, 3.63) is 23.8 Å². The van der Waals surface area contributed by atoms with Gasteiger partial charge in [0.05, 0.1) is 17.7 Å². The number of esters is 1. The van der Waals surface area contributed by atoms with Crippen LogP contribution >= 0.6 is 0 Å².